The van der Waals surface area contributed by atoms with Crippen molar-refractivity contribution in [3.05, 3.63) is 119 Å². The van der Waals surface area contributed by atoms with Crippen molar-refractivity contribution in [2.24, 2.45) is 5.10 Å². The highest BCUT2D eigenvalue weighted by Crippen LogP contribution is 2.31. The number of urea groups is 1. The number of nitrogens with one attached hydrogen (secondary N) is 3. The predicted octanol–water partition coefficient (Wildman–Crippen LogP) is 6.91. The molecule has 4 N–H and O–H groups in total. The Balaban J connectivity index is 0.913. The minimum Gasteiger partial charge on any atom is -0.507 e. The summed E-state index contributed by atoms with van der Waals surface area (Å²) in [6, 6.07) is 26.1. The van der Waals surface area contributed by atoms with Crippen LogP contribution in [0, 0.1) is 0 Å². The smallest absolute Gasteiger partial charge is 0.507 e. The number of amides is 3. The van der Waals surface area contributed by atoms with E-state index in [9.17, 15) is 27.9 Å². The van der Waals surface area contributed by atoms with E-state index in [1.165, 1.54) is 41.8 Å². The summed E-state index contributed by atoms with van der Waals surface area (Å²) >= 11 is 1.49. The lowest BCUT2D eigenvalue weighted by molar-refractivity contribution is -0.274. The van der Waals surface area contributed by atoms with Crippen LogP contribution in [0.15, 0.2) is 108 Å². The third kappa shape index (κ3) is 11.3. The highest BCUT2D eigenvalue weighted by atomic mass is 32.1. The minimum absolute atomic E-state index is 0.0178. The highest BCUT2D eigenvalue weighted by Gasteiger charge is 2.32. The van der Waals surface area contributed by atoms with E-state index in [1.54, 1.807) is 36.4 Å². The summed E-state index contributed by atoms with van der Waals surface area (Å²) in [4.78, 5) is 34.1. The van der Waals surface area contributed by atoms with Crippen molar-refractivity contribution in [2.75, 3.05) is 43.4 Å². The van der Waals surface area contributed by atoms with Gasteiger partial charge in [-0.1, -0.05) is 42.5 Å². The lowest BCUT2D eigenvalue weighted by atomic mass is 10.2. The van der Waals surface area contributed by atoms with Crippen molar-refractivity contribution in [3.63, 3.8) is 0 Å². The van der Waals surface area contributed by atoms with Crippen LogP contribution in [0.5, 0.6) is 17.2 Å². The van der Waals surface area contributed by atoms with Crippen LogP contribution in [-0.4, -0.2) is 77.1 Å². The zero-order valence-electron chi connectivity index (χ0n) is 28.8. The number of rotatable bonds is 13. The third-order valence-electron chi connectivity index (χ3n) is 8.16. The van der Waals surface area contributed by atoms with Crippen LogP contribution in [-0.2, 0) is 17.9 Å². The Bertz CT molecular complexity index is 2050. The summed E-state index contributed by atoms with van der Waals surface area (Å²) in [5, 5.41) is 22.0. The van der Waals surface area contributed by atoms with Crippen molar-refractivity contribution in [1.29, 1.82) is 0 Å². The molecule has 0 aliphatic carbocycles. The number of halogens is 3. The van der Waals surface area contributed by atoms with Gasteiger partial charge in [-0.05, 0) is 60.2 Å². The second kappa shape index (κ2) is 17.7. The van der Waals surface area contributed by atoms with Gasteiger partial charge in [-0.2, -0.15) is 5.10 Å². The molecular formula is C38H36F3N7O5S. The zero-order chi connectivity index (χ0) is 37.9. The number of thiazole rings is 1. The molecule has 2 heterocycles. The summed E-state index contributed by atoms with van der Waals surface area (Å²) in [6.45, 7) is 4.11. The normalized spacial score (nSPS) is 13.8. The number of phenols is 1. The number of nitrogens with zero attached hydrogens (tertiary/aromatic N) is 4. The van der Waals surface area contributed by atoms with Crippen LogP contribution in [0.4, 0.5) is 29.3 Å². The molecule has 0 atom stereocenters. The quantitative estimate of drug-likeness (QED) is 0.0751. The molecule has 0 radical (unpaired) electrons. The van der Waals surface area contributed by atoms with Gasteiger partial charge in [-0.3, -0.25) is 14.6 Å². The highest BCUT2D eigenvalue weighted by molar-refractivity contribution is 7.13. The number of phenolic OH excluding ortho intramolecular Hbond substituents is 1. The monoisotopic (exact) mass is 759 g/mol. The van der Waals surface area contributed by atoms with E-state index in [0.717, 1.165) is 41.0 Å². The van der Waals surface area contributed by atoms with Gasteiger partial charge in [0.1, 0.15) is 23.1 Å². The molecule has 3 amide bonds. The number of hydrogen-bond donors (Lipinski definition) is 4. The molecular weight excluding hydrogens is 724 g/mol. The number of piperazine rings is 1. The van der Waals surface area contributed by atoms with Crippen molar-refractivity contribution >= 4 is 40.9 Å². The van der Waals surface area contributed by atoms with Gasteiger partial charge in [0.25, 0.3) is 5.91 Å². The second-order valence-electron chi connectivity index (χ2n) is 12.2. The Kier molecular flexibility index (Phi) is 12.4. The van der Waals surface area contributed by atoms with Crippen molar-refractivity contribution in [2.45, 2.75) is 19.5 Å². The number of para-hydroxylation sites is 2. The molecule has 1 aliphatic rings. The maximum atomic E-state index is 12.7. The molecule has 1 fully saturated rings. The van der Waals surface area contributed by atoms with Crippen molar-refractivity contribution in [3.8, 4) is 27.8 Å². The van der Waals surface area contributed by atoms with Gasteiger partial charge in [-0.25, -0.2) is 15.2 Å². The fourth-order valence-electron chi connectivity index (χ4n) is 5.49. The molecule has 6 rings (SSSR count). The van der Waals surface area contributed by atoms with Crippen LogP contribution in [0.25, 0.3) is 10.6 Å². The SMILES string of the molecule is O=C(CN1CCN(Cc2csc(-c3ccc(NC(=O)Nc4ccccc4OC(F)(F)F)cc3)n2)CC1)N/N=C/c1cc(OCc2ccccc2)ccc1O. The zero-order valence-corrected chi connectivity index (χ0v) is 29.6. The fourth-order valence-corrected chi connectivity index (χ4v) is 6.31. The average Bonchev–Trinajstić information content (AvgIpc) is 3.62. The molecule has 1 aromatic heterocycles. The van der Waals surface area contributed by atoms with Crippen LogP contribution in [0.3, 0.4) is 0 Å². The molecule has 0 spiro atoms. The molecule has 0 unspecified atom stereocenters. The topological polar surface area (TPSA) is 141 Å². The minimum atomic E-state index is -4.89. The number of hydrogen-bond acceptors (Lipinski definition) is 10. The molecule has 4 aromatic carbocycles. The first-order valence-electron chi connectivity index (χ1n) is 16.8. The van der Waals surface area contributed by atoms with E-state index in [0.29, 0.717) is 43.2 Å². The number of aromatic hydroxyl groups is 1. The largest absolute Gasteiger partial charge is 0.573 e. The number of hydrazone groups is 1. The summed E-state index contributed by atoms with van der Waals surface area (Å²) in [6.07, 6.45) is -3.51. The molecule has 54 heavy (non-hydrogen) atoms. The first-order chi connectivity index (χ1) is 26.1. The van der Waals surface area contributed by atoms with Gasteiger partial charge in [0.2, 0.25) is 0 Å². The average molecular weight is 760 g/mol. The first kappa shape index (κ1) is 37.8. The van der Waals surface area contributed by atoms with E-state index >= 15 is 0 Å². The van der Waals surface area contributed by atoms with E-state index in [-0.39, 0.29) is 23.9 Å². The lowest BCUT2D eigenvalue weighted by Gasteiger charge is -2.33. The summed E-state index contributed by atoms with van der Waals surface area (Å²) in [7, 11) is 0. The van der Waals surface area contributed by atoms with Crippen LogP contribution < -0.4 is 25.5 Å². The Hall–Kier alpha value is -5.97. The van der Waals surface area contributed by atoms with Crippen LogP contribution in [0.1, 0.15) is 16.8 Å². The van der Waals surface area contributed by atoms with E-state index < -0.39 is 18.1 Å². The van der Waals surface area contributed by atoms with Crippen molar-refractivity contribution in [1.82, 2.24) is 20.2 Å². The molecule has 0 bridgehead atoms. The number of carbonyl (C=O) groups is 2. The van der Waals surface area contributed by atoms with Gasteiger partial charge in [0.05, 0.1) is 24.1 Å². The summed E-state index contributed by atoms with van der Waals surface area (Å²) in [5.41, 5.74) is 6.04. The molecule has 1 saturated heterocycles. The molecule has 12 nitrogen and oxygen atoms in total. The first-order valence-corrected chi connectivity index (χ1v) is 17.7. The lowest BCUT2D eigenvalue weighted by Crippen LogP contribution is -2.48. The van der Waals surface area contributed by atoms with E-state index in [1.807, 2.05) is 40.6 Å². The molecule has 16 heteroatoms. The van der Waals surface area contributed by atoms with Gasteiger partial charge in [-0.15, -0.1) is 24.5 Å². The molecule has 1 aliphatic heterocycles. The van der Waals surface area contributed by atoms with Gasteiger partial charge >= 0.3 is 12.4 Å². The number of anilines is 2. The predicted molar refractivity (Wildman–Crippen MR) is 200 cm³/mol. The van der Waals surface area contributed by atoms with Gasteiger partial charge < -0.3 is 25.2 Å². The molecule has 5 aromatic rings. The van der Waals surface area contributed by atoms with E-state index in [2.05, 4.69) is 30.8 Å². The Morgan fingerprint density at radius 2 is 1.63 bits per heavy atom. The fraction of sp³-hybridized carbons (Fsp3) is 0.211. The van der Waals surface area contributed by atoms with Gasteiger partial charge in [0, 0.05) is 54.9 Å². The molecule has 0 saturated carbocycles. The second-order valence-corrected chi connectivity index (χ2v) is 13.0. The number of benzene rings is 4. The Labute approximate surface area is 312 Å². The maximum Gasteiger partial charge on any atom is 0.573 e. The van der Waals surface area contributed by atoms with Crippen molar-refractivity contribution < 1.29 is 37.3 Å². The Morgan fingerprint density at radius 1 is 0.907 bits per heavy atom. The number of ether oxygens (including phenoxy) is 2. The number of alkyl halides is 3. The third-order valence-corrected chi connectivity index (χ3v) is 9.10. The Morgan fingerprint density at radius 3 is 2.39 bits per heavy atom. The van der Waals surface area contributed by atoms with Crippen LogP contribution in [0.2, 0.25) is 0 Å². The maximum absolute atomic E-state index is 12.7. The molecule has 280 valence electrons. The summed E-state index contributed by atoms with van der Waals surface area (Å²) in [5.74, 6) is -0.197. The standard InChI is InChI=1S/C38H36F3N7O5S/c39-38(40,41)53-34-9-5-4-8-32(34)45-37(51)44-29-12-10-27(11-13-29)36-43-30(25-54-36)22-47-16-18-48(19-17-47)23-35(50)46-42-21-28-20-31(14-15-33(28)49)52-24-26-6-2-1-3-7-26/h1-15,20-21,25,49H,16-19,22-24H2,(H,46,50)(H2,44,45,51)/b42-21+. The van der Waals surface area contributed by atoms with E-state index in [4.69, 9.17) is 9.72 Å². The van der Waals surface area contributed by atoms with Gasteiger partial charge in [0.15, 0.2) is 5.75 Å². The number of carbonyl (C=O) groups excluding carboxylic acids is 2. The summed E-state index contributed by atoms with van der Waals surface area (Å²) < 4.78 is 47.9. The number of aromatic nitrogens is 1. The van der Waals surface area contributed by atoms with Crippen LogP contribution >= 0.6 is 11.3 Å².